The molecule has 1 atom stereocenters. The first-order chi connectivity index (χ1) is 10.2. The van der Waals surface area contributed by atoms with E-state index in [1.54, 1.807) is 5.48 Å². The first-order valence-corrected chi connectivity index (χ1v) is 7.34. The molecule has 21 heavy (non-hydrogen) atoms. The molecule has 0 spiro atoms. The Bertz CT molecular complexity index is 597. The van der Waals surface area contributed by atoms with Crippen LogP contribution in [0.5, 0.6) is 5.75 Å². The van der Waals surface area contributed by atoms with Gasteiger partial charge in [0, 0.05) is 0 Å². The van der Waals surface area contributed by atoms with E-state index in [1.165, 1.54) is 0 Å². The first-order valence-electron chi connectivity index (χ1n) is 7.34. The second-order valence-electron chi connectivity index (χ2n) is 5.09. The van der Waals surface area contributed by atoms with E-state index in [4.69, 9.17) is 9.94 Å². The fourth-order valence-electron chi connectivity index (χ4n) is 2.30. The van der Waals surface area contributed by atoms with Crippen LogP contribution in [0.25, 0.3) is 10.8 Å². The molecular formula is C17H21NO3. The molecule has 0 saturated carbocycles. The normalized spacial score (nSPS) is 12.1. The number of ether oxygens (including phenoxy) is 1. The predicted molar refractivity (Wildman–Crippen MR) is 82.4 cm³/mol. The van der Waals surface area contributed by atoms with Gasteiger partial charge in [0.25, 0.3) is 5.91 Å². The maximum Gasteiger partial charge on any atom is 0.284 e. The van der Waals surface area contributed by atoms with Crippen LogP contribution in [-0.4, -0.2) is 17.2 Å². The minimum Gasteiger partial charge on any atom is -0.481 e. The van der Waals surface area contributed by atoms with Gasteiger partial charge in [-0.25, -0.2) is 5.48 Å². The Morgan fingerprint density at radius 3 is 2.67 bits per heavy atom. The number of carbonyl (C=O) groups is 1. The van der Waals surface area contributed by atoms with Crippen LogP contribution in [-0.2, 0) is 4.79 Å². The third-order valence-electron chi connectivity index (χ3n) is 3.47. The second-order valence-corrected chi connectivity index (χ2v) is 5.09. The number of hydrogen-bond donors (Lipinski definition) is 2. The van der Waals surface area contributed by atoms with E-state index in [9.17, 15) is 4.79 Å². The highest BCUT2D eigenvalue weighted by molar-refractivity contribution is 5.84. The van der Waals surface area contributed by atoms with Crippen LogP contribution >= 0.6 is 0 Å². The fraction of sp³-hybridized carbons (Fsp3) is 0.353. The van der Waals surface area contributed by atoms with E-state index in [0.717, 1.165) is 30.0 Å². The molecule has 0 bridgehead atoms. The van der Waals surface area contributed by atoms with Crippen molar-refractivity contribution in [1.82, 2.24) is 5.48 Å². The largest absolute Gasteiger partial charge is 0.481 e. The number of hydrogen-bond acceptors (Lipinski definition) is 3. The molecule has 2 rings (SSSR count). The summed E-state index contributed by atoms with van der Waals surface area (Å²) < 4.78 is 5.75. The monoisotopic (exact) mass is 287 g/mol. The Kier molecular flexibility index (Phi) is 5.58. The summed E-state index contributed by atoms with van der Waals surface area (Å²) in [7, 11) is 0. The van der Waals surface area contributed by atoms with E-state index < -0.39 is 12.0 Å². The molecule has 2 N–H and O–H groups in total. The van der Waals surface area contributed by atoms with Gasteiger partial charge in [-0.2, -0.15) is 0 Å². The van der Waals surface area contributed by atoms with Gasteiger partial charge in [-0.1, -0.05) is 50.1 Å². The minimum absolute atomic E-state index is 0.501. The van der Waals surface area contributed by atoms with Crippen molar-refractivity contribution >= 4 is 16.7 Å². The molecule has 0 radical (unpaired) electrons. The lowest BCUT2D eigenvalue weighted by Gasteiger charge is -2.17. The van der Waals surface area contributed by atoms with Crippen molar-refractivity contribution in [2.75, 3.05) is 0 Å². The number of unbranched alkanes of at least 4 members (excludes halogenated alkanes) is 2. The van der Waals surface area contributed by atoms with Gasteiger partial charge in [0.1, 0.15) is 5.75 Å². The number of amides is 1. The lowest BCUT2D eigenvalue weighted by molar-refractivity contribution is -0.136. The van der Waals surface area contributed by atoms with Gasteiger partial charge in [-0.3, -0.25) is 10.0 Å². The summed E-state index contributed by atoms with van der Waals surface area (Å²) in [5.74, 6) is 0.137. The highest BCUT2D eigenvalue weighted by Crippen LogP contribution is 2.22. The van der Waals surface area contributed by atoms with Crippen molar-refractivity contribution < 1.29 is 14.7 Å². The molecular weight excluding hydrogens is 266 g/mol. The standard InChI is InChI=1S/C17H21NO3/c1-2-3-4-9-16(17(19)18-20)21-15-11-10-13-7-5-6-8-14(13)12-15/h5-8,10-12,16,20H,2-4,9H2,1H3,(H,18,19). The Balaban J connectivity index is 2.11. The van der Waals surface area contributed by atoms with Crippen molar-refractivity contribution in [2.24, 2.45) is 0 Å². The Labute approximate surface area is 124 Å². The van der Waals surface area contributed by atoms with E-state index >= 15 is 0 Å². The van der Waals surface area contributed by atoms with Crippen molar-refractivity contribution in [3.05, 3.63) is 42.5 Å². The molecule has 2 aromatic rings. The zero-order chi connectivity index (χ0) is 15.1. The molecule has 0 fully saturated rings. The van der Waals surface area contributed by atoms with Gasteiger partial charge in [0.05, 0.1) is 0 Å². The molecule has 1 amide bonds. The average Bonchev–Trinajstić information content (AvgIpc) is 2.53. The number of carbonyl (C=O) groups excluding carboxylic acids is 1. The van der Waals surface area contributed by atoms with Crippen LogP contribution in [0.1, 0.15) is 32.6 Å². The molecule has 112 valence electrons. The quantitative estimate of drug-likeness (QED) is 0.464. The van der Waals surface area contributed by atoms with Gasteiger partial charge in [0.15, 0.2) is 6.10 Å². The minimum atomic E-state index is -0.664. The summed E-state index contributed by atoms with van der Waals surface area (Å²) in [5.41, 5.74) is 1.69. The van der Waals surface area contributed by atoms with E-state index in [2.05, 4.69) is 6.92 Å². The molecule has 0 aliphatic rings. The maximum atomic E-state index is 11.7. The molecule has 0 saturated heterocycles. The lowest BCUT2D eigenvalue weighted by atomic mass is 10.1. The summed E-state index contributed by atoms with van der Waals surface area (Å²) in [6.07, 6.45) is 2.93. The maximum absolute atomic E-state index is 11.7. The fourth-order valence-corrected chi connectivity index (χ4v) is 2.30. The smallest absolute Gasteiger partial charge is 0.284 e. The topological polar surface area (TPSA) is 58.6 Å². The SMILES string of the molecule is CCCCCC(Oc1ccc2ccccc2c1)C(=O)NO. The molecule has 0 heterocycles. The van der Waals surface area contributed by atoms with E-state index in [0.29, 0.717) is 12.2 Å². The summed E-state index contributed by atoms with van der Waals surface area (Å²) in [6.45, 7) is 2.10. The van der Waals surface area contributed by atoms with Crippen LogP contribution in [0.2, 0.25) is 0 Å². The van der Waals surface area contributed by atoms with Gasteiger partial charge < -0.3 is 4.74 Å². The molecule has 0 aromatic heterocycles. The van der Waals surface area contributed by atoms with E-state index in [-0.39, 0.29) is 0 Å². The molecule has 4 heteroatoms. The van der Waals surface area contributed by atoms with Crippen LogP contribution in [0.3, 0.4) is 0 Å². The number of hydroxylamine groups is 1. The highest BCUT2D eigenvalue weighted by atomic mass is 16.5. The zero-order valence-corrected chi connectivity index (χ0v) is 12.2. The third kappa shape index (κ3) is 4.20. The average molecular weight is 287 g/mol. The lowest BCUT2D eigenvalue weighted by Crippen LogP contribution is -2.36. The summed E-state index contributed by atoms with van der Waals surface area (Å²) in [6, 6.07) is 13.7. The second kappa shape index (κ2) is 7.64. The molecule has 1 unspecified atom stereocenters. The summed E-state index contributed by atoms with van der Waals surface area (Å²) >= 11 is 0. The van der Waals surface area contributed by atoms with Crippen LogP contribution in [0.15, 0.2) is 42.5 Å². The predicted octanol–water partition coefficient (Wildman–Crippen LogP) is 3.67. The van der Waals surface area contributed by atoms with Crippen LogP contribution in [0, 0.1) is 0 Å². The zero-order valence-electron chi connectivity index (χ0n) is 12.2. The van der Waals surface area contributed by atoms with Gasteiger partial charge >= 0.3 is 0 Å². The Hall–Kier alpha value is -2.07. The van der Waals surface area contributed by atoms with Gasteiger partial charge in [-0.05, 0) is 35.7 Å². The number of fused-ring (bicyclic) bond motifs is 1. The highest BCUT2D eigenvalue weighted by Gasteiger charge is 2.19. The van der Waals surface area contributed by atoms with Gasteiger partial charge in [-0.15, -0.1) is 0 Å². The molecule has 4 nitrogen and oxygen atoms in total. The Morgan fingerprint density at radius 2 is 1.95 bits per heavy atom. The van der Waals surface area contributed by atoms with Crippen molar-refractivity contribution in [2.45, 2.75) is 38.7 Å². The number of nitrogens with one attached hydrogen (secondary N) is 1. The van der Waals surface area contributed by atoms with Crippen LogP contribution in [0.4, 0.5) is 0 Å². The molecule has 0 aliphatic carbocycles. The third-order valence-corrected chi connectivity index (χ3v) is 3.47. The van der Waals surface area contributed by atoms with Crippen molar-refractivity contribution in [3.63, 3.8) is 0 Å². The summed E-state index contributed by atoms with van der Waals surface area (Å²) in [5, 5.41) is 11.0. The van der Waals surface area contributed by atoms with Crippen LogP contribution < -0.4 is 10.2 Å². The first kappa shape index (κ1) is 15.3. The Morgan fingerprint density at radius 1 is 1.19 bits per heavy atom. The molecule has 2 aromatic carbocycles. The number of benzene rings is 2. The number of rotatable bonds is 7. The van der Waals surface area contributed by atoms with Gasteiger partial charge in [0.2, 0.25) is 0 Å². The van der Waals surface area contributed by atoms with Crippen molar-refractivity contribution in [1.29, 1.82) is 0 Å². The summed E-state index contributed by atoms with van der Waals surface area (Å²) in [4.78, 5) is 11.7. The van der Waals surface area contributed by atoms with E-state index in [1.807, 2.05) is 42.5 Å². The molecule has 0 aliphatic heterocycles. The van der Waals surface area contributed by atoms with Crippen molar-refractivity contribution in [3.8, 4) is 5.75 Å².